The lowest BCUT2D eigenvalue weighted by Gasteiger charge is -2.35. The highest BCUT2D eigenvalue weighted by Crippen LogP contribution is 2.30. The molecular formula is C24H33F3N6O4. The summed E-state index contributed by atoms with van der Waals surface area (Å²) >= 11 is 0. The zero-order valence-electron chi connectivity index (χ0n) is 21.1. The van der Waals surface area contributed by atoms with Gasteiger partial charge in [0.25, 0.3) is 0 Å². The molecule has 2 N–H and O–H groups in total. The van der Waals surface area contributed by atoms with Gasteiger partial charge in [-0.15, -0.1) is 5.10 Å². The Kier molecular flexibility index (Phi) is 9.49. The number of amides is 3. The van der Waals surface area contributed by atoms with Gasteiger partial charge in [0.1, 0.15) is 5.69 Å². The Morgan fingerprint density at radius 1 is 1.38 bits per heavy atom. The van der Waals surface area contributed by atoms with Crippen LogP contribution < -0.4 is 5.32 Å². The number of halogens is 3. The number of carbonyl (C=O) groups excluding carboxylic acids is 2. The number of fused-ring (bicyclic) bond motifs is 2. The van der Waals surface area contributed by atoms with Crippen molar-refractivity contribution >= 4 is 17.6 Å². The summed E-state index contributed by atoms with van der Waals surface area (Å²) in [5, 5.41) is 20.3. The fourth-order valence-corrected chi connectivity index (χ4v) is 4.04. The number of aliphatic hydroxyl groups excluding tert-OH is 1. The van der Waals surface area contributed by atoms with Crippen LogP contribution in [0.2, 0.25) is 0 Å². The topological polar surface area (TPSA) is 113 Å². The van der Waals surface area contributed by atoms with Crippen molar-refractivity contribution < 1.29 is 32.6 Å². The molecular weight excluding hydrogens is 493 g/mol. The lowest BCUT2D eigenvalue weighted by Crippen LogP contribution is -2.48. The highest BCUT2D eigenvalue weighted by Gasteiger charge is 2.31. The molecule has 0 saturated carbocycles. The number of nitrogens with zero attached hydrogens (tertiary/aromatic N) is 5. The van der Waals surface area contributed by atoms with Crippen LogP contribution in [0.5, 0.6) is 0 Å². The monoisotopic (exact) mass is 526 g/mol. The maximum absolute atomic E-state index is 13.0. The Labute approximate surface area is 213 Å². The van der Waals surface area contributed by atoms with Crippen LogP contribution in [0.25, 0.3) is 0 Å². The summed E-state index contributed by atoms with van der Waals surface area (Å²) in [6.07, 6.45) is -2.50. The average molecular weight is 527 g/mol. The van der Waals surface area contributed by atoms with Crippen molar-refractivity contribution in [2.24, 2.45) is 5.92 Å². The predicted molar refractivity (Wildman–Crippen MR) is 128 cm³/mol. The van der Waals surface area contributed by atoms with Crippen molar-refractivity contribution in [1.29, 1.82) is 0 Å². The van der Waals surface area contributed by atoms with Crippen molar-refractivity contribution in [2.75, 3.05) is 32.1 Å². The summed E-state index contributed by atoms with van der Waals surface area (Å²) in [6.45, 7) is 4.46. The largest absolute Gasteiger partial charge is 0.416 e. The van der Waals surface area contributed by atoms with E-state index in [2.05, 4.69) is 15.6 Å². The zero-order valence-corrected chi connectivity index (χ0v) is 21.1. The number of carbonyl (C=O) groups is 2. The maximum atomic E-state index is 13.0. The minimum Gasteiger partial charge on any atom is -0.394 e. The molecule has 0 saturated heterocycles. The molecule has 0 spiro atoms. The summed E-state index contributed by atoms with van der Waals surface area (Å²) in [5.74, 6) is -0.361. The van der Waals surface area contributed by atoms with Crippen LogP contribution in [-0.4, -0.2) is 80.7 Å². The third-order valence-corrected chi connectivity index (χ3v) is 6.29. The first-order chi connectivity index (χ1) is 17.5. The van der Waals surface area contributed by atoms with Gasteiger partial charge in [0.05, 0.1) is 37.1 Å². The molecule has 0 unspecified atom stereocenters. The van der Waals surface area contributed by atoms with Gasteiger partial charge in [-0.05, 0) is 31.5 Å². The first-order valence-electron chi connectivity index (χ1n) is 12.1. The van der Waals surface area contributed by atoms with Crippen molar-refractivity contribution in [3.8, 4) is 0 Å². The number of aromatic nitrogens is 3. The molecule has 3 atom stereocenters. The van der Waals surface area contributed by atoms with Gasteiger partial charge in [-0.25, -0.2) is 4.79 Å². The molecule has 0 radical (unpaired) electrons. The van der Waals surface area contributed by atoms with Gasteiger partial charge in [0.2, 0.25) is 5.91 Å². The van der Waals surface area contributed by atoms with Crippen molar-refractivity contribution in [2.45, 2.75) is 58.2 Å². The number of ether oxygens (including phenoxy) is 1. The lowest BCUT2D eigenvalue weighted by molar-refractivity contribution is -0.137. The maximum Gasteiger partial charge on any atom is 0.416 e. The Hall–Kier alpha value is -3.19. The Bertz CT molecular complexity index is 1060. The Balaban J connectivity index is 1.75. The van der Waals surface area contributed by atoms with Crippen LogP contribution >= 0.6 is 0 Å². The van der Waals surface area contributed by atoms with Crippen LogP contribution in [0.4, 0.5) is 23.7 Å². The van der Waals surface area contributed by atoms with Crippen LogP contribution in [-0.2, 0) is 28.9 Å². The molecule has 3 amide bonds. The number of urea groups is 1. The van der Waals surface area contributed by atoms with Crippen LogP contribution in [0.3, 0.4) is 0 Å². The number of anilines is 1. The molecule has 3 rings (SSSR count). The van der Waals surface area contributed by atoms with Gasteiger partial charge in [-0.1, -0.05) is 18.2 Å². The van der Waals surface area contributed by atoms with E-state index in [1.165, 1.54) is 24.1 Å². The second-order valence-electron chi connectivity index (χ2n) is 9.37. The first-order valence-corrected chi connectivity index (χ1v) is 12.1. The quantitative estimate of drug-likeness (QED) is 0.620. The fraction of sp³-hybridized carbons (Fsp3) is 0.583. The number of hydrogen-bond acceptors (Lipinski definition) is 6. The molecule has 37 heavy (non-hydrogen) atoms. The molecule has 10 nitrogen and oxygen atoms in total. The lowest BCUT2D eigenvalue weighted by atomic mass is 10.0. The van der Waals surface area contributed by atoms with E-state index in [0.29, 0.717) is 25.2 Å². The van der Waals surface area contributed by atoms with E-state index in [1.54, 1.807) is 22.7 Å². The van der Waals surface area contributed by atoms with Crippen LogP contribution in [0, 0.1) is 5.92 Å². The second kappa shape index (κ2) is 12.4. The van der Waals surface area contributed by atoms with Crippen LogP contribution in [0.1, 0.15) is 37.9 Å². The summed E-state index contributed by atoms with van der Waals surface area (Å²) in [4.78, 5) is 28.7. The second-order valence-corrected chi connectivity index (χ2v) is 9.37. The molecule has 204 valence electrons. The van der Waals surface area contributed by atoms with E-state index in [4.69, 9.17) is 4.74 Å². The van der Waals surface area contributed by atoms with Gasteiger partial charge < -0.3 is 25.0 Å². The molecule has 0 fully saturated rings. The number of likely N-dealkylation sites (N-methyl/N-ethyl adjacent to an activating group) is 1. The summed E-state index contributed by atoms with van der Waals surface area (Å²) in [7, 11) is 1.51. The molecule has 2 heterocycles. The fourth-order valence-electron chi connectivity index (χ4n) is 4.04. The van der Waals surface area contributed by atoms with Gasteiger partial charge in [-0.3, -0.25) is 9.48 Å². The average Bonchev–Trinajstić information content (AvgIpc) is 3.31. The molecule has 13 heteroatoms. The number of alkyl halides is 3. The minimum absolute atomic E-state index is 0.0146. The van der Waals surface area contributed by atoms with Crippen LogP contribution in [0.15, 0.2) is 30.5 Å². The number of aryl methyl sites for hydroxylation is 1. The molecule has 1 aromatic heterocycles. The van der Waals surface area contributed by atoms with Crippen molar-refractivity contribution in [3.05, 3.63) is 41.7 Å². The molecule has 2 aromatic rings. The molecule has 2 bridgehead atoms. The first kappa shape index (κ1) is 28.4. The third-order valence-electron chi connectivity index (χ3n) is 6.29. The highest BCUT2D eigenvalue weighted by atomic mass is 19.4. The van der Waals surface area contributed by atoms with E-state index in [-0.39, 0.29) is 43.7 Å². The van der Waals surface area contributed by atoms with E-state index in [1.807, 2.05) is 6.92 Å². The van der Waals surface area contributed by atoms with E-state index < -0.39 is 29.9 Å². The van der Waals surface area contributed by atoms with E-state index in [0.717, 1.165) is 12.1 Å². The number of benzene rings is 1. The molecule has 1 aliphatic rings. The normalized spacial score (nSPS) is 20.4. The third kappa shape index (κ3) is 7.89. The van der Waals surface area contributed by atoms with E-state index in [9.17, 15) is 27.9 Å². The highest BCUT2D eigenvalue weighted by molar-refractivity contribution is 5.89. The summed E-state index contributed by atoms with van der Waals surface area (Å²) < 4.78 is 46.8. The minimum atomic E-state index is -4.53. The summed E-state index contributed by atoms with van der Waals surface area (Å²) in [6, 6.07) is 3.38. The zero-order chi connectivity index (χ0) is 27.2. The van der Waals surface area contributed by atoms with Gasteiger partial charge in [-0.2, -0.15) is 13.2 Å². The molecule has 1 aromatic carbocycles. The number of nitrogens with one attached hydrogen (secondary N) is 1. The van der Waals surface area contributed by atoms with Gasteiger partial charge in [0, 0.05) is 44.7 Å². The standard InChI is InChI=1S/C24H33F3N6O4/c1-16-11-33(17(2)14-34)22(35)8-5-9-32-12-20(29-30-32)15-37-21(16)13-31(3)23(36)28-19-7-4-6-18(10-19)24(25,26)27/h4,6-7,10,12,16-17,21,34H,5,8-9,11,13-15H2,1-3H3,(H,28,36)/t16-,17+,21+/m1/s1. The predicted octanol–water partition coefficient (Wildman–Crippen LogP) is 2.99. The number of hydrogen-bond donors (Lipinski definition) is 2. The summed E-state index contributed by atoms with van der Waals surface area (Å²) in [5.41, 5.74) is -0.254. The number of rotatable bonds is 5. The SMILES string of the molecule is C[C@@H]1CN([C@@H](C)CO)C(=O)CCCn2cc(nn2)CO[C@H]1CN(C)C(=O)Nc1cccc(C(F)(F)F)c1. The van der Waals surface area contributed by atoms with E-state index >= 15 is 0 Å². The van der Waals surface area contributed by atoms with Crippen molar-refractivity contribution in [1.82, 2.24) is 24.8 Å². The Morgan fingerprint density at radius 2 is 2.14 bits per heavy atom. The smallest absolute Gasteiger partial charge is 0.394 e. The molecule has 1 aliphatic heterocycles. The molecule has 0 aliphatic carbocycles. The van der Waals surface area contributed by atoms with Crippen molar-refractivity contribution in [3.63, 3.8) is 0 Å². The van der Waals surface area contributed by atoms with Gasteiger partial charge >= 0.3 is 12.2 Å². The number of aliphatic hydroxyl groups is 1. The van der Waals surface area contributed by atoms with Gasteiger partial charge in [0.15, 0.2) is 0 Å². The Morgan fingerprint density at radius 3 is 2.84 bits per heavy atom.